The van der Waals surface area contributed by atoms with Crippen molar-refractivity contribution in [1.29, 1.82) is 0 Å². The van der Waals surface area contributed by atoms with Gasteiger partial charge in [-0.2, -0.15) is 0 Å². The fourth-order valence-electron chi connectivity index (χ4n) is 3.09. The molecule has 18 heavy (non-hydrogen) atoms. The van der Waals surface area contributed by atoms with Crippen LogP contribution in [0.2, 0.25) is 0 Å². The van der Waals surface area contributed by atoms with Gasteiger partial charge in [0.2, 0.25) is 0 Å². The monoisotopic (exact) mass is 256 g/mol. The average molecular weight is 256 g/mol. The van der Waals surface area contributed by atoms with Gasteiger partial charge in [-0.05, 0) is 24.7 Å². The van der Waals surface area contributed by atoms with Gasteiger partial charge in [-0.3, -0.25) is 4.90 Å². The second-order valence-electron chi connectivity index (χ2n) is 6.58. The number of aliphatic hydroxyl groups is 1. The highest BCUT2D eigenvalue weighted by atomic mass is 16.5. The van der Waals surface area contributed by atoms with Crippen LogP contribution in [0.1, 0.15) is 33.1 Å². The summed E-state index contributed by atoms with van der Waals surface area (Å²) in [5, 5.41) is 12.7. The Morgan fingerprint density at radius 2 is 2.28 bits per heavy atom. The normalized spacial score (nSPS) is 33.5. The van der Waals surface area contributed by atoms with Crippen LogP contribution in [0.4, 0.5) is 0 Å². The summed E-state index contributed by atoms with van der Waals surface area (Å²) < 4.78 is 5.75. The summed E-state index contributed by atoms with van der Waals surface area (Å²) in [6.45, 7) is 10.0. The molecule has 2 unspecified atom stereocenters. The molecule has 2 atom stereocenters. The molecule has 0 aromatic rings. The standard InChI is InChI=1S/C14H28N2O2/c1-14(2)10-15-12(5-6-17)8-16(11-14)9-13-4-3-7-18-13/h12-13,15,17H,3-11H2,1-2H3. The number of nitrogens with zero attached hydrogens (tertiary/aromatic N) is 1. The predicted molar refractivity (Wildman–Crippen MR) is 72.7 cm³/mol. The number of rotatable bonds is 4. The van der Waals surface area contributed by atoms with Gasteiger partial charge in [-0.25, -0.2) is 0 Å². The van der Waals surface area contributed by atoms with E-state index in [-0.39, 0.29) is 6.61 Å². The van der Waals surface area contributed by atoms with Crippen molar-refractivity contribution in [3.8, 4) is 0 Å². The van der Waals surface area contributed by atoms with E-state index in [1.54, 1.807) is 0 Å². The van der Waals surface area contributed by atoms with Crippen molar-refractivity contribution < 1.29 is 9.84 Å². The molecule has 0 aliphatic carbocycles. The number of hydrogen-bond donors (Lipinski definition) is 2. The van der Waals surface area contributed by atoms with E-state index >= 15 is 0 Å². The molecule has 4 heteroatoms. The zero-order valence-electron chi connectivity index (χ0n) is 11.8. The maximum absolute atomic E-state index is 9.13. The van der Waals surface area contributed by atoms with Crippen LogP contribution < -0.4 is 5.32 Å². The van der Waals surface area contributed by atoms with Crippen LogP contribution in [0.25, 0.3) is 0 Å². The van der Waals surface area contributed by atoms with Crippen LogP contribution in [-0.4, -0.2) is 61.5 Å². The lowest BCUT2D eigenvalue weighted by molar-refractivity contribution is 0.0626. The van der Waals surface area contributed by atoms with Gasteiger partial charge in [0.05, 0.1) is 6.10 Å². The summed E-state index contributed by atoms with van der Waals surface area (Å²) in [6.07, 6.45) is 3.68. The maximum atomic E-state index is 9.13. The van der Waals surface area contributed by atoms with E-state index in [4.69, 9.17) is 9.84 Å². The van der Waals surface area contributed by atoms with E-state index in [1.165, 1.54) is 12.8 Å². The first-order valence-corrected chi connectivity index (χ1v) is 7.27. The SMILES string of the molecule is CC1(C)CNC(CCO)CN(CC2CCCO2)C1. The summed E-state index contributed by atoms with van der Waals surface area (Å²) in [5.41, 5.74) is 0.294. The molecule has 2 fully saturated rings. The zero-order valence-corrected chi connectivity index (χ0v) is 11.8. The quantitative estimate of drug-likeness (QED) is 0.783. The largest absolute Gasteiger partial charge is 0.396 e. The van der Waals surface area contributed by atoms with Crippen molar-refractivity contribution >= 4 is 0 Å². The van der Waals surface area contributed by atoms with Gasteiger partial charge in [0.15, 0.2) is 0 Å². The Morgan fingerprint density at radius 3 is 2.94 bits per heavy atom. The minimum absolute atomic E-state index is 0.270. The van der Waals surface area contributed by atoms with Crippen LogP contribution in [0.5, 0.6) is 0 Å². The molecule has 0 bridgehead atoms. The summed E-state index contributed by atoms with van der Waals surface area (Å²) in [6, 6.07) is 0.415. The lowest BCUT2D eigenvalue weighted by atomic mass is 9.93. The van der Waals surface area contributed by atoms with Crippen LogP contribution in [0.15, 0.2) is 0 Å². The van der Waals surface area contributed by atoms with Crippen LogP contribution in [0, 0.1) is 5.41 Å². The van der Waals surface area contributed by atoms with E-state index in [9.17, 15) is 0 Å². The Kier molecular flexibility index (Phi) is 5.01. The number of aliphatic hydroxyl groups excluding tert-OH is 1. The third kappa shape index (κ3) is 4.19. The third-order valence-electron chi connectivity index (χ3n) is 3.96. The summed E-state index contributed by atoms with van der Waals surface area (Å²) in [7, 11) is 0. The number of hydrogen-bond acceptors (Lipinski definition) is 4. The van der Waals surface area contributed by atoms with Gasteiger partial charge in [0, 0.05) is 45.4 Å². The predicted octanol–water partition coefficient (Wildman–Crippen LogP) is 0.848. The topological polar surface area (TPSA) is 44.7 Å². The van der Waals surface area contributed by atoms with E-state index in [2.05, 4.69) is 24.1 Å². The summed E-state index contributed by atoms with van der Waals surface area (Å²) in [5.74, 6) is 0. The molecule has 0 spiro atoms. The highest BCUT2D eigenvalue weighted by Gasteiger charge is 2.30. The smallest absolute Gasteiger partial charge is 0.0702 e. The molecule has 2 aliphatic heterocycles. The minimum atomic E-state index is 0.270. The molecule has 0 saturated carbocycles. The Morgan fingerprint density at radius 1 is 1.44 bits per heavy atom. The minimum Gasteiger partial charge on any atom is -0.396 e. The fourth-order valence-corrected chi connectivity index (χ4v) is 3.09. The van der Waals surface area contributed by atoms with Crippen molar-refractivity contribution in [2.24, 2.45) is 5.41 Å². The molecule has 2 saturated heterocycles. The molecule has 2 heterocycles. The van der Waals surface area contributed by atoms with Crippen LogP contribution in [-0.2, 0) is 4.74 Å². The van der Waals surface area contributed by atoms with Crippen molar-refractivity contribution in [3.05, 3.63) is 0 Å². The van der Waals surface area contributed by atoms with E-state index < -0.39 is 0 Å². The molecular formula is C14H28N2O2. The second kappa shape index (κ2) is 6.33. The zero-order chi connectivity index (χ0) is 13.0. The molecule has 0 aromatic heterocycles. The maximum Gasteiger partial charge on any atom is 0.0702 e. The van der Waals surface area contributed by atoms with Gasteiger partial charge in [-0.15, -0.1) is 0 Å². The van der Waals surface area contributed by atoms with E-state index in [1.807, 2.05) is 0 Å². The average Bonchev–Trinajstić information content (AvgIpc) is 2.73. The van der Waals surface area contributed by atoms with Crippen molar-refractivity contribution in [1.82, 2.24) is 10.2 Å². The molecule has 2 aliphatic rings. The van der Waals surface area contributed by atoms with E-state index in [0.29, 0.717) is 17.6 Å². The van der Waals surface area contributed by atoms with Crippen molar-refractivity contribution in [3.63, 3.8) is 0 Å². The molecule has 4 nitrogen and oxygen atoms in total. The highest BCUT2D eigenvalue weighted by Crippen LogP contribution is 2.22. The lowest BCUT2D eigenvalue weighted by Gasteiger charge is -2.30. The molecule has 0 aromatic carbocycles. The Balaban J connectivity index is 1.91. The molecular weight excluding hydrogens is 228 g/mol. The lowest BCUT2D eigenvalue weighted by Crippen LogP contribution is -2.41. The fraction of sp³-hybridized carbons (Fsp3) is 1.00. The first-order valence-electron chi connectivity index (χ1n) is 7.27. The summed E-state index contributed by atoms with van der Waals surface area (Å²) in [4.78, 5) is 2.52. The Labute approximate surface area is 111 Å². The summed E-state index contributed by atoms with van der Waals surface area (Å²) >= 11 is 0. The van der Waals surface area contributed by atoms with Crippen molar-refractivity contribution in [2.75, 3.05) is 39.4 Å². The molecule has 106 valence electrons. The van der Waals surface area contributed by atoms with Gasteiger partial charge in [0.25, 0.3) is 0 Å². The number of ether oxygens (including phenoxy) is 1. The molecule has 0 amide bonds. The third-order valence-corrected chi connectivity index (χ3v) is 3.96. The Bertz CT molecular complexity index is 252. The highest BCUT2D eigenvalue weighted by molar-refractivity contribution is 4.87. The van der Waals surface area contributed by atoms with Gasteiger partial charge < -0.3 is 15.2 Å². The van der Waals surface area contributed by atoms with Crippen LogP contribution in [0.3, 0.4) is 0 Å². The van der Waals surface area contributed by atoms with Gasteiger partial charge >= 0.3 is 0 Å². The Hall–Kier alpha value is -0.160. The molecule has 2 rings (SSSR count). The van der Waals surface area contributed by atoms with Crippen LogP contribution >= 0.6 is 0 Å². The first kappa shape index (κ1) is 14.3. The van der Waals surface area contributed by atoms with Crippen molar-refractivity contribution in [2.45, 2.75) is 45.3 Å². The second-order valence-corrected chi connectivity index (χ2v) is 6.58. The van der Waals surface area contributed by atoms with E-state index in [0.717, 1.165) is 39.2 Å². The molecule has 0 radical (unpaired) electrons. The molecule has 2 N–H and O–H groups in total. The number of nitrogens with one attached hydrogen (secondary N) is 1. The van der Waals surface area contributed by atoms with Gasteiger partial charge in [-0.1, -0.05) is 13.8 Å². The first-order chi connectivity index (χ1) is 8.59. The van der Waals surface area contributed by atoms with Gasteiger partial charge in [0.1, 0.15) is 0 Å².